The van der Waals surface area contributed by atoms with E-state index in [-0.39, 0.29) is 16.9 Å². The standard InChI is InChI=1S/C14H12F2O/c1-8-5-9(2)14(13(16)6-8)11-4-3-10(17)7-12(11)15/h3-7,17H,1-2H3. The normalized spacial score (nSPS) is 10.6. The second kappa shape index (κ2) is 4.17. The Morgan fingerprint density at radius 2 is 1.65 bits per heavy atom. The van der Waals surface area contributed by atoms with Crippen molar-refractivity contribution in [3.8, 4) is 16.9 Å². The van der Waals surface area contributed by atoms with Crippen LogP contribution in [0, 0.1) is 25.5 Å². The molecule has 0 atom stereocenters. The number of halogens is 2. The Morgan fingerprint density at radius 3 is 2.24 bits per heavy atom. The molecule has 0 saturated heterocycles. The third-order valence-electron chi connectivity index (χ3n) is 2.65. The first-order valence-corrected chi connectivity index (χ1v) is 5.24. The van der Waals surface area contributed by atoms with Gasteiger partial charge in [-0.15, -0.1) is 0 Å². The number of hydrogen-bond donors (Lipinski definition) is 1. The Hall–Kier alpha value is -1.90. The fourth-order valence-corrected chi connectivity index (χ4v) is 1.96. The van der Waals surface area contributed by atoms with E-state index in [4.69, 9.17) is 5.11 Å². The topological polar surface area (TPSA) is 20.2 Å². The fraction of sp³-hybridized carbons (Fsp3) is 0.143. The Morgan fingerprint density at radius 1 is 0.941 bits per heavy atom. The van der Waals surface area contributed by atoms with E-state index < -0.39 is 11.6 Å². The third-order valence-corrected chi connectivity index (χ3v) is 2.65. The van der Waals surface area contributed by atoms with Crippen molar-refractivity contribution in [2.45, 2.75) is 13.8 Å². The van der Waals surface area contributed by atoms with Crippen LogP contribution in [-0.4, -0.2) is 5.11 Å². The molecule has 0 radical (unpaired) electrons. The maximum atomic E-state index is 13.8. The molecule has 0 amide bonds. The van der Waals surface area contributed by atoms with Crippen LogP contribution >= 0.6 is 0 Å². The molecule has 0 aliphatic heterocycles. The van der Waals surface area contributed by atoms with E-state index in [0.717, 1.165) is 11.6 Å². The van der Waals surface area contributed by atoms with Gasteiger partial charge in [-0.1, -0.05) is 6.07 Å². The van der Waals surface area contributed by atoms with Crippen molar-refractivity contribution in [1.29, 1.82) is 0 Å². The number of aromatic hydroxyl groups is 1. The van der Waals surface area contributed by atoms with Gasteiger partial charge in [-0.05, 0) is 43.2 Å². The van der Waals surface area contributed by atoms with Crippen molar-refractivity contribution in [2.24, 2.45) is 0 Å². The summed E-state index contributed by atoms with van der Waals surface area (Å²) in [4.78, 5) is 0. The second-order valence-electron chi connectivity index (χ2n) is 4.10. The van der Waals surface area contributed by atoms with E-state index in [0.29, 0.717) is 5.56 Å². The van der Waals surface area contributed by atoms with Gasteiger partial charge in [0.1, 0.15) is 17.4 Å². The van der Waals surface area contributed by atoms with Crippen LogP contribution in [0.25, 0.3) is 11.1 Å². The smallest absolute Gasteiger partial charge is 0.134 e. The van der Waals surface area contributed by atoms with E-state index in [9.17, 15) is 8.78 Å². The summed E-state index contributed by atoms with van der Waals surface area (Å²) in [5.74, 6) is -1.25. The Kier molecular flexibility index (Phi) is 2.84. The van der Waals surface area contributed by atoms with Gasteiger partial charge in [0.2, 0.25) is 0 Å². The third kappa shape index (κ3) is 2.13. The van der Waals surface area contributed by atoms with Gasteiger partial charge in [-0.25, -0.2) is 8.78 Å². The molecule has 88 valence electrons. The van der Waals surface area contributed by atoms with E-state index in [1.165, 1.54) is 18.2 Å². The lowest BCUT2D eigenvalue weighted by atomic mass is 9.97. The van der Waals surface area contributed by atoms with Crippen LogP contribution in [0.5, 0.6) is 5.75 Å². The summed E-state index contributed by atoms with van der Waals surface area (Å²) in [6.45, 7) is 3.52. The summed E-state index contributed by atoms with van der Waals surface area (Å²) in [5, 5.41) is 9.13. The van der Waals surface area contributed by atoms with Gasteiger partial charge in [0, 0.05) is 17.2 Å². The first-order valence-electron chi connectivity index (χ1n) is 5.24. The van der Waals surface area contributed by atoms with Crippen molar-refractivity contribution in [2.75, 3.05) is 0 Å². The number of rotatable bonds is 1. The van der Waals surface area contributed by atoms with E-state index >= 15 is 0 Å². The number of hydrogen-bond acceptors (Lipinski definition) is 1. The Balaban J connectivity index is 2.68. The molecule has 0 aromatic heterocycles. The number of phenolic OH excluding ortho intramolecular Hbond substituents is 1. The van der Waals surface area contributed by atoms with E-state index in [2.05, 4.69) is 0 Å². The highest BCUT2D eigenvalue weighted by Gasteiger charge is 2.13. The van der Waals surface area contributed by atoms with Crippen LogP contribution < -0.4 is 0 Å². The zero-order chi connectivity index (χ0) is 12.6. The largest absolute Gasteiger partial charge is 0.508 e. The Labute approximate surface area is 98.3 Å². The quantitative estimate of drug-likeness (QED) is 0.792. The van der Waals surface area contributed by atoms with Gasteiger partial charge in [0.15, 0.2) is 0 Å². The van der Waals surface area contributed by atoms with Crippen LogP contribution in [0.3, 0.4) is 0 Å². The van der Waals surface area contributed by atoms with Gasteiger partial charge in [-0.2, -0.15) is 0 Å². The molecule has 3 heteroatoms. The lowest BCUT2D eigenvalue weighted by molar-refractivity contribution is 0.469. The van der Waals surface area contributed by atoms with Crippen LogP contribution in [0.2, 0.25) is 0 Å². The Bertz CT molecular complexity index is 553. The summed E-state index contributed by atoms with van der Waals surface area (Å²) in [6, 6.07) is 6.87. The van der Waals surface area contributed by atoms with Crippen LogP contribution in [0.15, 0.2) is 30.3 Å². The van der Waals surface area contributed by atoms with Crippen molar-refractivity contribution < 1.29 is 13.9 Å². The minimum absolute atomic E-state index is 0.165. The van der Waals surface area contributed by atoms with Gasteiger partial charge in [0.25, 0.3) is 0 Å². The fourth-order valence-electron chi connectivity index (χ4n) is 1.96. The average Bonchev–Trinajstić information content (AvgIpc) is 2.19. The molecule has 0 aliphatic carbocycles. The number of aryl methyl sites for hydroxylation is 2. The van der Waals surface area contributed by atoms with Gasteiger partial charge in [-0.3, -0.25) is 0 Å². The minimum Gasteiger partial charge on any atom is -0.508 e. The molecule has 0 aliphatic rings. The highest BCUT2D eigenvalue weighted by atomic mass is 19.1. The predicted molar refractivity (Wildman–Crippen MR) is 62.9 cm³/mol. The van der Waals surface area contributed by atoms with Crippen molar-refractivity contribution in [1.82, 2.24) is 0 Å². The minimum atomic E-state index is -0.629. The first-order chi connectivity index (χ1) is 7.99. The second-order valence-corrected chi connectivity index (χ2v) is 4.10. The molecule has 2 aromatic rings. The zero-order valence-electron chi connectivity index (χ0n) is 9.59. The molecule has 1 nitrogen and oxygen atoms in total. The first kappa shape index (κ1) is 11.6. The van der Waals surface area contributed by atoms with Crippen LogP contribution in [0.1, 0.15) is 11.1 Å². The summed E-state index contributed by atoms with van der Waals surface area (Å²) < 4.78 is 27.5. The van der Waals surface area contributed by atoms with Crippen molar-refractivity contribution in [3.05, 3.63) is 53.1 Å². The van der Waals surface area contributed by atoms with Crippen molar-refractivity contribution in [3.63, 3.8) is 0 Å². The zero-order valence-corrected chi connectivity index (χ0v) is 9.59. The molecule has 2 rings (SSSR count). The highest BCUT2D eigenvalue weighted by Crippen LogP contribution is 2.31. The molecule has 0 bridgehead atoms. The molecule has 2 aromatic carbocycles. The molecule has 0 heterocycles. The number of benzene rings is 2. The summed E-state index contributed by atoms with van der Waals surface area (Å²) in [5.41, 5.74) is 1.88. The summed E-state index contributed by atoms with van der Waals surface area (Å²) in [7, 11) is 0. The number of phenols is 1. The highest BCUT2D eigenvalue weighted by molar-refractivity contribution is 5.69. The lowest BCUT2D eigenvalue weighted by Crippen LogP contribution is -1.93. The maximum absolute atomic E-state index is 13.8. The van der Waals surface area contributed by atoms with Crippen LogP contribution in [0.4, 0.5) is 8.78 Å². The molecule has 0 unspecified atom stereocenters. The SMILES string of the molecule is Cc1cc(C)c(-c2ccc(O)cc2F)c(F)c1. The van der Waals surface area contributed by atoms with E-state index in [1.807, 2.05) is 0 Å². The summed E-state index contributed by atoms with van der Waals surface area (Å²) >= 11 is 0. The molecule has 1 N–H and O–H groups in total. The van der Waals surface area contributed by atoms with Gasteiger partial charge >= 0.3 is 0 Å². The lowest BCUT2D eigenvalue weighted by Gasteiger charge is -2.10. The average molecular weight is 234 g/mol. The molecule has 0 spiro atoms. The van der Waals surface area contributed by atoms with Gasteiger partial charge in [0.05, 0.1) is 0 Å². The molecule has 0 saturated carbocycles. The van der Waals surface area contributed by atoms with E-state index in [1.54, 1.807) is 19.9 Å². The predicted octanol–water partition coefficient (Wildman–Crippen LogP) is 3.95. The molecular formula is C14H12F2O. The van der Waals surface area contributed by atoms with Gasteiger partial charge < -0.3 is 5.11 Å². The van der Waals surface area contributed by atoms with Crippen LogP contribution in [-0.2, 0) is 0 Å². The summed E-state index contributed by atoms with van der Waals surface area (Å²) in [6.07, 6.45) is 0. The maximum Gasteiger partial charge on any atom is 0.134 e. The monoisotopic (exact) mass is 234 g/mol. The molecule has 0 fully saturated rings. The molecular weight excluding hydrogens is 222 g/mol. The van der Waals surface area contributed by atoms with Crippen molar-refractivity contribution >= 4 is 0 Å². The molecule has 17 heavy (non-hydrogen) atoms.